The van der Waals surface area contributed by atoms with E-state index in [2.05, 4.69) is 5.32 Å². The van der Waals surface area contributed by atoms with Crippen LogP contribution in [0.2, 0.25) is 0 Å². The van der Waals surface area contributed by atoms with Gasteiger partial charge in [-0.3, -0.25) is 9.10 Å². The van der Waals surface area contributed by atoms with Gasteiger partial charge < -0.3 is 5.32 Å². The summed E-state index contributed by atoms with van der Waals surface area (Å²) in [6.45, 7) is 1.71. The lowest BCUT2D eigenvalue weighted by Crippen LogP contribution is -2.48. The fourth-order valence-corrected chi connectivity index (χ4v) is 3.72. The van der Waals surface area contributed by atoms with Gasteiger partial charge >= 0.3 is 0 Å². The van der Waals surface area contributed by atoms with E-state index in [1.165, 1.54) is 6.92 Å². The summed E-state index contributed by atoms with van der Waals surface area (Å²) < 4.78 is 51.6. The van der Waals surface area contributed by atoms with Crippen molar-refractivity contribution < 1.29 is 22.0 Å². The molecule has 1 amide bonds. The number of carbonyl (C=O) groups excluding carboxylic acids is 1. The second-order valence-corrected chi connectivity index (χ2v) is 7.72. The second kappa shape index (κ2) is 8.27. The van der Waals surface area contributed by atoms with Crippen LogP contribution in [0.5, 0.6) is 0 Å². The summed E-state index contributed by atoms with van der Waals surface area (Å²) in [6.07, 6.45) is 1.49. The molecule has 0 aliphatic rings. The van der Waals surface area contributed by atoms with E-state index in [1.54, 1.807) is 0 Å². The van der Waals surface area contributed by atoms with Gasteiger partial charge in [0, 0.05) is 12.6 Å². The van der Waals surface area contributed by atoms with Crippen molar-refractivity contribution in [1.29, 1.82) is 0 Å². The molecule has 1 atom stereocenters. The van der Waals surface area contributed by atoms with Gasteiger partial charge in [0.25, 0.3) is 0 Å². The van der Waals surface area contributed by atoms with Gasteiger partial charge in [-0.15, -0.1) is 0 Å². The van der Waals surface area contributed by atoms with Crippen LogP contribution in [0.1, 0.15) is 12.5 Å². The molecular weight excluding hydrogens is 362 g/mol. The van der Waals surface area contributed by atoms with Crippen LogP contribution in [0, 0.1) is 11.6 Å². The maximum absolute atomic E-state index is 13.5. The Morgan fingerprint density at radius 1 is 1.12 bits per heavy atom. The molecule has 0 aliphatic carbocycles. The number of halogens is 2. The number of hydrogen-bond acceptors (Lipinski definition) is 3. The van der Waals surface area contributed by atoms with Gasteiger partial charge in [-0.25, -0.2) is 17.2 Å². The Hall–Kier alpha value is -2.48. The minimum atomic E-state index is -3.89. The summed E-state index contributed by atoms with van der Waals surface area (Å²) >= 11 is 0. The van der Waals surface area contributed by atoms with Crippen LogP contribution in [0.4, 0.5) is 14.5 Å². The van der Waals surface area contributed by atoms with Gasteiger partial charge in [0.15, 0.2) is 11.6 Å². The van der Waals surface area contributed by atoms with Crippen LogP contribution >= 0.6 is 0 Å². The van der Waals surface area contributed by atoms with Gasteiger partial charge in [0.05, 0.1) is 11.9 Å². The van der Waals surface area contributed by atoms with Crippen LogP contribution in [0.3, 0.4) is 0 Å². The highest BCUT2D eigenvalue weighted by molar-refractivity contribution is 7.92. The molecule has 2 aromatic rings. The van der Waals surface area contributed by atoms with Crippen molar-refractivity contribution in [2.24, 2.45) is 0 Å². The first-order chi connectivity index (χ1) is 12.2. The standard InChI is InChI=1S/C18H20F2N2O3S/c1-13(18(23)21-11-10-14-6-4-3-5-7-14)22(26(2,24)25)15-8-9-16(19)17(20)12-15/h3-9,12-13H,10-11H2,1-2H3,(H,21,23)/t13-/m1/s1. The number of sulfonamides is 1. The lowest BCUT2D eigenvalue weighted by molar-refractivity contribution is -0.121. The van der Waals surface area contributed by atoms with Crippen LogP contribution in [-0.4, -0.2) is 33.2 Å². The maximum Gasteiger partial charge on any atom is 0.243 e. The smallest absolute Gasteiger partial charge is 0.243 e. The molecule has 0 fully saturated rings. The lowest BCUT2D eigenvalue weighted by Gasteiger charge is -2.28. The Balaban J connectivity index is 2.12. The molecule has 140 valence electrons. The Labute approximate surface area is 151 Å². The number of nitrogens with zero attached hydrogens (tertiary/aromatic N) is 1. The molecule has 0 saturated heterocycles. The van der Waals surface area contributed by atoms with E-state index in [1.807, 2.05) is 30.3 Å². The molecule has 0 radical (unpaired) electrons. The predicted octanol–water partition coefficient (Wildman–Crippen LogP) is 2.48. The van der Waals surface area contributed by atoms with Crippen LogP contribution in [-0.2, 0) is 21.2 Å². The lowest BCUT2D eigenvalue weighted by atomic mass is 10.1. The highest BCUT2D eigenvalue weighted by Crippen LogP contribution is 2.23. The third kappa shape index (κ3) is 5.01. The number of carbonyl (C=O) groups is 1. The van der Waals surface area contributed by atoms with E-state index < -0.39 is 33.6 Å². The number of anilines is 1. The van der Waals surface area contributed by atoms with Crippen molar-refractivity contribution in [3.05, 3.63) is 65.7 Å². The number of benzene rings is 2. The monoisotopic (exact) mass is 382 g/mol. The molecule has 8 heteroatoms. The van der Waals surface area contributed by atoms with Gasteiger partial charge in [0.1, 0.15) is 6.04 Å². The zero-order chi connectivity index (χ0) is 19.3. The summed E-state index contributed by atoms with van der Waals surface area (Å²) in [6, 6.07) is 11.1. The molecule has 0 bridgehead atoms. The number of hydrogen-bond donors (Lipinski definition) is 1. The molecule has 2 aromatic carbocycles. The fraction of sp³-hybridized carbons (Fsp3) is 0.278. The molecular formula is C18H20F2N2O3S. The highest BCUT2D eigenvalue weighted by Gasteiger charge is 2.29. The Morgan fingerprint density at radius 2 is 1.77 bits per heavy atom. The SMILES string of the molecule is C[C@H](C(=O)NCCc1ccccc1)N(c1ccc(F)c(F)c1)S(C)(=O)=O. The Kier molecular flexibility index (Phi) is 6.31. The quantitative estimate of drug-likeness (QED) is 0.800. The average Bonchev–Trinajstić information content (AvgIpc) is 2.58. The topological polar surface area (TPSA) is 66.5 Å². The number of amides is 1. The van der Waals surface area contributed by atoms with Crippen molar-refractivity contribution in [1.82, 2.24) is 5.32 Å². The van der Waals surface area contributed by atoms with Crippen molar-refractivity contribution in [3.8, 4) is 0 Å². The van der Waals surface area contributed by atoms with Gasteiger partial charge in [-0.2, -0.15) is 0 Å². The minimum absolute atomic E-state index is 0.114. The van der Waals surface area contributed by atoms with Gasteiger partial charge in [-0.1, -0.05) is 30.3 Å². The summed E-state index contributed by atoms with van der Waals surface area (Å²) in [5, 5.41) is 2.67. The molecule has 0 unspecified atom stereocenters. The molecule has 0 spiro atoms. The molecule has 0 aliphatic heterocycles. The first-order valence-corrected chi connectivity index (χ1v) is 9.81. The molecule has 0 saturated carbocycles. The summed E-state index contributed by atoms with van der Waals surface area (Å²) in [4.78, 5) is 12.4. The summed E-state index contributed by atoms with van der Waals surface area (Å²) in [5.41, 5.74) is 0.915. The Morgan fingerprint density at radius 3 is 2.35 bits per heavy atom. The summed E-state index contributed by atoms with van der Waals surface area (Å²) in [7, 11) is -3.89. The Bertz CT molecular complexity index is 873. The van der Waals surface area contributed by atoms with Crippen LogP contribution in [0.25, 0.3) is 0 Å². The van der Waals surface area contributed by atoms with E-state index in [0.717, 1.165) is 34.3 Å². The highest BCUT2D eigenvalue weighted by atomic mass is 32.2. The van der Waals surface area contributed by atoms with Crippen molar-refractivity contribution in [2.75, 3.05) is 17.1 Å². The number of rotatable bonds is 7. The normalized spacial score (nSPS) is 12.5. The molecule has 2 rings (SSSR count). The number of nitrogens with one attached hydrogen (secondary N) is 1. The van der Waals surface area contributed by atoms with Crippen molar-refractivity contribution in [3.63, 3.8) is 0 Å². The van der Waals surface area contributed by atoms with E-state index in [4.69, 9.17) is 0 Å². The zero-order valence-corrected chi connectivity index (χ0v) is 15.3. The molecule has 5 nitrogen and oxygen atoms in total. The minimum Gasteiger partial charge on any atom is -0.354 e. The molecule has 26 heavy (non-hydrogen) atoms. The molecule has 1 N–H and O–H groups in total. The average molecular weight is 382 g/mol. The molecule has 0 heterocycles. The second-order valence-electron chi connectivity index (χ2n) is 5.86. The zero-order valence-electron chi connectivity index (χ0n) is 14.4. The maximum atomic E-state index is 13.5. The largest absolute Gasteiger partial charge is 0.354 e. The third-order valence-electron chi connectivity index (χ3n) is 3.80. The van der Waals surface area contributed by atoms with E-state index in [-0.39, 0.29) is 5.69 Å². The predicted molar refractivity (Wildman–Crippen MR) is 96.3 cm³/mol. The first kappa shape index (κ1) is 19.8. The van der Waals surface area contributed by atoms with Crippen molar-refractivity contribution >= 4 is 21.6 Å². The van der Waals surface area contributed by atoms with Crippen molar-refractivity contribution in [2.45, 2.75) is 19.4 Å². The third-order valence-corrected chi connectivity index (χ3v) is 5.04. The summed E-state index contributed by atoms with van der Waals surface area (Å²) in [5.74, 6) is -2.81. The van der Waals surface area contributed by atoms with E-state index >= 15 is 0 Å². The van der Waals surface area contributed by atoms with Gasteiger partial charge in [0.2, 0.25) is 15.9 Å². The molecule has 0 aromatic heterocycles. The van der Waals surface area contributed by atoms with Crippen LogP contribution in [0.15, 0.2) is 48.5 Å². The first-order valence-electron chi connectivity index (χ1n) is 7.96. The van der Waals surface area contributed by atoms with E-state index in [9.17, 15) is 22.0 Å². The fourth-order valence-electron chi connectivity index (χ4n) is 2.55. The van der Waals surface area contributed by atoms with Crippen LogP contribution < -0.4 is 9.62 Å². The van der Waals surface area contributed by atoms with E-state index in [0.29, 0.717) is 13.0 Å². The van der Waals surface area contributed by atoms with Gasteiger partial charge in [-0.05, 0) is 31.0 Å².